The lowest BCUT2D eigenvalue weighted by atomic mass is 10.2. The molecule has 4 heteroatoms. The largest absolute Gasteiger partial charge is 0.489 e. The van der Waals surface area contributed by atoms with Gasteiger partial charge in [-0.2, -0.15) is 0 Å². The molecular formula is C16H17ClN2O. The number of nitrogens with zero attached hydrogens (tertiary/aromatic N) is 2. The van der Waals surface area contributed by atoms with Gasteiger partial charge in [0.15, 0.2) is 0 Å². The van der Waals surface area contributed by atoms with E-state index in [4.69, 9.17) is 16.3 Å². The number of hydrogen-bond donors (Lipinski definition) is 0. The molecule has 0 spiro atoms. The summed E-state index contributed by atoms with van der Waals surface area (Å²) in [6.07, 6.45) is 4.87. The molecule has 0 bridgehead atoms. The van der Waals surface area contributed by atoms with Crippen molar-refractivity contribution in [3.05, 3.63) is 59.4 Å². The van der Waals surface area contributed by atoms with Crippen LogP contribution in [0.2, 0.25) is 5.02 Å². The summed E-state index contributed by atoms with van der Waals surface area (Å²) < 4.78 is 5.98. The van der Waals surface area contributed by atoms with E-state index in [0.29, 0.717) is 0 Å². The number of hydrogen-bond acceptors (Lipinski definition) is 3. The van der Waals surface area contributed by atoms with E-state index in [1.165, 1.54) is 0 Å². The van der Waals surface area contributed by atoms with Crippen LogP contribution >= 0.6 is 11.6 Å². The zero-order valence-electron chi connectivity index (χ0n) is 11.2. The Morgan fingerprint density at radius 1 is 1.25 bits per heavy atom. The van der Waals surface area contributed by atoms with Crippen LogP contribution in [0.25, 0.3) is 0 Å². The lowest BCUT2D eigenvalue weighted by Crippen LogP contribution is -2.24. The molecule has 1 aliphatic rings. The fourth-order valence-electron chi connectivity index (χ4n) is 2.50. The summed E-state index contributed by atoms with van der Waals surface area (Å²) in [7, 11) is 0. The quantitative estimate of drug-likeness (QED) is 0.862. The predicted octanol–water partition coefficient (Wildman–Crippen LogP) is 3.39. The molecule has 0 N–H and O–H groups in total. The van der Waals surface area contributed by atoms with Gasteiger partial charge in [0.05, 0.1) is 0 Å². The minimum atomic E-state index is 0.257. The lowest BCUT2D eigenvalue weighted by molar-refractivity contribution is 0.198. The van der Waals surface area contributed by atoms with Gasteiger partial charge in [0.25, 0.3) is 0 Å². The molecule has 1 aromatic heterocycles. The van der Waals surface area contributed by atoms with Gasteiger partial charge in [0, 0.05) is 42.6 Å². The van der Waals surface area contributed by atoms with Gasteiger partial charge in [0.2, 0.25) is 0 Å². The van der Waals surface area contributed by atoms with Crippen molar-refractivity contribution in [1.82, 2.24) is 9.88 Å². The van der Waals surface area contributed by atoms with Crippen LogP contribution in [0.5, 0.6) is 5.75 Å². The molecule has 3 rings (SSSR count). The van der Waals surface area contributed by atoms with Gasteiger partial charge in [-0.15, -0.1) is 0 Å². The second-order valence-electron chi connectivity index (χ2n) is 5.04. The highest BCUT2D eigenvalue weighted by Crippen LogP contribution is 2.21. The van der Waals surface area contributed by atoms with E-state index < -0.39 is 0 Å². The minimum Gasteiger partial charge on any atom is -0.489 e. The summed E-state index contributed by atoms with van der Waals surface area (Å²) in [4.78, 5) is 6.49. The average Bonchev–Trinajstić information content (AvgIpc) is 2.90. The van der Waals surface area contributed by atoms with E-state index in [9.17, 15) is 0 Å². The number of aromatic nitrogens is 1. The Morgan fingerprint density at radius 3 is 2.90 bits per heavy atom. The highest BCUT2D eigenvalue weighted by Gasteiger charge is 2.24. The van der Waals surface area contributed by atoms with Crippen LogP contribution in [-0.2, 0) is 6.54 Å². The van der Waals surface area contributed by atoms with Gasteiger partial charge >= 0.3 is 0 Å². The van der Waals surface area contributed by atoms with E-state index in [0.717, 1.165) is 42.4 Å². The van der Waals surface area contributed by atoms with Crippen LogP contribution in [0.4, 0.5) is 0 Å². The van der Waals surface area contributed by atoms with Crippen molar-refractivity contribution >= 4 is 11.6 Å². The minimum absolute atomic E-state index is 0.257. The first-order chi connectivity index (χ1) is 9.81. The first kappa shape index (κ1) is 13.4. The SMILES string of the molecule is Clc1ccncc1CN1CCC(Oc2ccccc2)C1. The van der Waals surface area contributed by atoms with Gasteiger partial charge < -0.3 is 4.74 Å². The number of para-hydroxylation sites is 1. The Morgan fingerprint density at radius 2 is 2.10 bits per heavy atom. The molecule has 0 aliphatic carbocycles. The fourth-order valence-corrected chi connectivity index (χ4v) is 2.66. The topological polar surface area (TPSA) is 25.4 Å². The van der Waals surface area contributed by atoms with E-state index in [2.05, 4.69) is 9.88 Å². The second kappa shape index (κ2) is 6.25. The zero-order valence-corrected chi connectivity index (χ0v) is 12.0. The molecule has 2 aromatic rings. The third-order valence-corrected chi connectivity index (χ3v) is 3.88. The summed E-state index contributed by atoms with van der Waals surface area (Å²) in [5.41, 5.74) is 1.08. The third-order valence-electron chi connectivity index (χ3n) is 3.51. The lowest BCUT2D eigenvalue weighted by Gasteiger charge is -2.17. The molecule has 20 heavy (non-hydrogen) atoms. The number of pyridine rings is 1. The van der Waals surface area contributed by atoms with Crippen LogP contribution in [0, 0.1) is 0 Å². The Bertz CT molecular complexity index is 561. The summed E-state index contributed by atoms with van der Waals surface area (Å²) in [6, 6.07) is 11.8. The Kier molecular flexibility index (Phi) is 4.19. The number of ether oxygens (including phenoxy) is 1. The Labute approximate surface area is 124 Å². The predicted molar refractivity (Wildman–Crippen MR) is 80.0 cm³/mol. The van der Waals surface area contributed by atoms with E-state index in [1.54, 1.807) is 6.20 Å². The maximum atomic E-state index is 6.17. The molecule has 1 unspecified atom stereocenters. The molecule has 104 valence electrons. The number of benzene rings is 1. The Hall–Kier alpha value is -1.58. The van der Waals surface area contributed by atoms with Crippen molar-refractivity contribution in [3.8, 4) is 5.75 Å². The fraction of sp³-hybridized carbons (Fsp3) is 0.312. The van der Waals surface area contributed by atoms with Gasteiger partial charge in [-0.05, 0) is 24.6 Å². The smallest absolute Gasteiger partial charge is 0.119 e. The number of likely N-dealkylation sites (tertiary alicyclic amines) is 1. The van der Waals surface area contributed by atoms with E-state index in [1.807, 2.05) is 42.6 Å². The van der Waals surface area contributed by atoms with Gasteiger partial charge in [-0.1, -0.05) is 29.8 Å². The Balaban J connectivity index is 1.56. The number of rotatable bonds is 4. The highest BCUT2D eigenvalue weighted by atomic mass is 35.5. The molecule has 0 radical (unpaired) electrons. The van der Waals surface area contributed by atoms with Gasteiger partial charge in [-0.3, -0.25) is 9.88 Å². The van der Waals surface area contributed by atoms with Crippen LogP contribution < -0.4 is 4.74 Å². The first-order valence-corrected chi connectivity index (χ1v) is 7.21. The summed E-state index contributed by atoms with van der Waals surface area (Å²) >= 11 is 6.17. The third kappa shape index (κ3) is 3.30. The normalized spacial score (nSPS) is 19.1. The van der Waals surface area contributed by atoms with E-state index in [-0.39, 0.29) is 6.10 Å². The summed E-state index contributed by atoms with van der Waals surface area (Å²) in [6.45, 7) is 2.80. The molecule has 1 aromatic carbocycles. The number of halogens is 1. The molecule has 1 saturated heterocycles. The van der Waals surface area contributed by atoms with E-state index >= 15 is 0 Å². The molecule has 1 aliphatic heterocycles. The molecule has 1 fully saturated rings. The van der Waals surface area contributed by atoms with Crippen molar-refractivity contribution in [2.24, 2.45) is 0 Å². The van der Waals surface area contributed by atoms with Crippen molar-refractivity contribution in [1.29, 1.82) is 0 Å². The van der Waals surface area contributed by atoms with Gasteiger partial charge in [0.1, 0.15) is 11.9 Å². The maximum Gasteiger partial charge on any atom is 0.119 e. The second-order valence-corrected chi connectivity index (χ2v) is 5.45. The van der Waals surface area contributed by atoms with Crippen molar-refractivity contribution in [2.75, 3.05) is 13.1 Å². The van der Waals surface area contributed by atoms with Crippen molar-refractivity contribution in [3.63, 3.8) is 0 Å². The molecule has 1 atom stereocenters. The average molecular weight is 289 g/mol. The van der Waals surface area contributed by atoms with Crippen molar-refractivity contribution in [2.45, 2.75) is 19.1 Å². The zero-order chi connectivity index (χ0) is 13.8. The summed E-state index contributed by atoms with van der Waals surface area (Å²) in [5.74, 6) is 0.943. The highest BCUT2D eigenvalue weighted by molar-refractivity contribution is 6.31. The molecule has 0 amide bonds. The standard InChI is InChI=1S/C16H17ClN2O/c17-16-6-8-18-10-13(16)11-19-9-7-15(12-19)20-14-4-2-1-3-5-14/h1-6,8,10,15H,7,9,11-12H2. The molecule has 2 heterocycles. The maximum absolute atomic E-state index is 6.17. The first-order valence-electron chi connectivity index (χ1n) is 6.84. The molecular weight excluding hydrogens is 272 g/mol. The summed E-state index contributed by atoms with van der Waals surface area (Å²) in [5, 5.41) is 0.785. The van der Waals surface area contributed by atoms with Crippen LogP contribution in [0.15, 0.2) is 48.8 Å². The van der Waals surface area contributed by atoms with Crippen LogP contribution in [0.1, 0.15) is 12.0 Å². The van der Waals surface area contributed by atoms with Crippen LogP contribution in [-0.4, -0.2) is 29.1 Å². The molecule has 0 saturated carbocycles. The monoisotopic (exact) mass is 288 g/mol. The molecule has 3 nitrogen and oxygen atoms in total. The van der Waals surface area contributed by atoms with Gasteiger partial charge in [-0.25, -0.2) is 0 Å². The van der Waals surface area contributed by atoms with Crippen LogP contribution in [0.3, 0.4) is 0 Å². The van der Waals surface area contributed by atoms with Crippen molar-refractivity contribution < 1.29 is 4.74 Å².